The van der Waals surface area contributed by atoms with E-state index in [9.17, 15) is 4.79 Å². The largest absolute Gasteiger partial charge is 0.396 e. The molecule has 0 atom stereocenters. The van der Waals surface area contributed by atoms with Gasteiger partial charge in [0, 0.05) is 12.6 Å². The van der Waals surface area contributed by atoms with Crippen LogP contribution < -0.4 is 11.1 Å². The maximum Gasteiger partial charge on any atom is 0.224 e. The van der Waals surface area contributed by atoms with Crippen molar-refractivity contribution in [3.63, 3.8) is 0 Å². The quantitative estimate of drug-likeness (QED) is 0.687. The van der Waals surface area contributed by atoms with E-state index in [0.29, 0.717) is 17.8 Å². The lowest BCUT2D eigenvalue weighted by Crippen LogP contribution is -2.11. The van der Waals surface area contributed by atoms with Crippen LogP contribution in [0.4, 0.5) is 11.4 Å². The van der Waals surface area contributed by atoms with Gasteiger partial charge in [-0.15, -0.1) is 0 Å². The third-order valence-corrected chi connectivity index (χ3v) is 1.45. The Morgan fingerprint density at radius 3 is 3.08 bits per heavy atom. The molecule has 1 aromatic heterocycles. The zero-order valence-electron chi connectivity index (χ0n) is 6.87. The molecule has 0 saturated carbocycles. The minimum absolute atomic E-state index is 0.0482. The molecule has 0 aliphatic rings. The lowest BCUT2D eigenvalue weighted by molar-refractivity contribution is -0.115. The normalized spacial score (nSPS) is 9.42. The molecule has 0 fully saturated rings. The second-order valence-electron chi connectivity index (χ2n) is 2.36. The van der Waals surface area contributed by atoms with Crippen molar-refractivity contribution in [2.75, 3.05) is 11.1 Å². The van der Waals surface area contributed by atoms with Crippen molar-refractivity contribution < 1.29 is 4.79 Å². The summed E-state index contributed by atoms with van der Waals surface area (Å²) in [6.07, 6.45) is 3.54. The van der Waals surface area contributed by atoms with Gasteiger partial charge in [-0.1, -0.05) is 6.92 Å². The second-order valence-corrected chi connectivity index (χ2v) is 2.36. The van der Waals surface area contributed by atoms with Crippen molar-refractivity contribution in [1.29, 1.82) is 0 Å². The van der Waals surface area contributed by atoms with Crippen LogP contribution in [0.25, 0.3) is 0 Å². The molecule has 4 nitrogen and oxygen atoms in total. The van der Waals surface area contributed by atoms with Crippen molar-refractivity contribution in [2.45, 2.75) is 13.3 Å². The summed E-state index contributed by atoms with van der Waals surface area (Å²) in [5.41, 5.74) is 6.65. The Hall–Kier alpha value is -1.58. The van der Waals surface area contributed by atoms with Gasteiger partial charge in [0.2, 0.25) is 5.91 Å². The van der Waals surface area contributed by atoms with Crippen molar-refractivity contribution in [3.8, 4) is 0 Å². The fourth-order valence-corrected chi connectivity index (χ4v) is 0.759. The highest BCUT2D eigenvalue weighted by atomic mass is 16.1. The number of hydrogen-bond acceptors (Lipinski definition) is 3. The third kappa shape index (κ3) is 1.95. The zero-order chi connectivity index (χ0) is 8.97. The van der Waals surface area contributed by atoms with Crippen molar-refractivity contribution in [2.24, 2.45) is 0 Å². The number of aromatic nitrogens is 1. The standard InChI is InChI=1S/C8H11N3O/c1-2-8(12)11-7-3-4-10-5-6(7)9/h3-5H,2,9H2,1H3,(H,10,11,12). The van der Waals surface area contributed by atoms with E-state index in [4.69, 9.17) is 5.73 Å². The molecule has 1 aromatic rings. The molecule has 0 aliphatic carbocycles. The minimum atomic E-state index is -0.0482. The van der Waals surface area contributed by atoms with E-state index in [1.807, 2.05) is 0 Å². The van der Waals surface area contributed by atoms with E-state index in [2.05, 4.69) is 10.3 Å². The molecule has 0 saturated heterocycles. The SMILES string of the molecule is CCC(=O)Nc1ccncc1N. The number of carbonyl (C=O) groups is 1. The minimum Gasteiger partial charge on any atom is -0.396 e. The third-order valence-electron chi connectivity index (χ3n) is 1.45. The molecule has 64 valence electrons. The first-order valence-corrected chi connectivity index (χ1v) is 3.73. The highest BCUT2D eigenvalue weighted by Gasteiger charge is 2.00. The molecule has 1 heterocycles. The van der Waals surface area contributed by atoms with Gasteiger partial charge in [-0.3, -0.25) is 9.78 Å². The predicted octanol–water partition coefficient (Wildman–Crippen LogP) is 1.01. The van der Waals surface area contributed by atoms with Crippen LogP contribution >= 0.6 is 0 Å². The molecule has 0 aliphatic heterocycles. The second kappa shape index (κ2) is 3.71. The number of hydrogen-bond donors (Lipinski definition) is 2. The summed E-state index contributed by atoms with van der Waals surface area (Å²) in [6, 6.07) is 1.67. The fraction of sp³-hybridized carbons (Fsp3) is 0.250. The Balaban J connectivity index is 2.75. The van der Waals surface area contributed by atoms with Crippen LogP contribution in [0.1, 0.15) is 13.3 Å². The summed E-state index contributed by atoms with van der Waals surface area (Å²) < 4.78 is 0. The monoisotopic (exact) mass is 165 g/mol. The van der Waals surface area contributed by atoms with Gasteiger partial charge in [0.05, 0.1) is 17.6 Å². The van der Waals surface area contributed by atoms with Gasteiger partial charge in [-0.05, 0) is 6.07 Å². The molecule has 0 radical (unpaired) electrons. The number of amides is 1. The molecule has 0 spiro atoms. The Kier molecular flexibility index (Phi) is 2.63. The Bertz CT molecular complexity index is 285. The molecule has 3 N–H and O–H groups in total. The van der Waals surface area contributed by atoms with Gasteiger partial charge in [0.15, 0.2) is 0 Å². The van der Waals surface area contributed by atoms with Gasteiger partial charge in [0.25, 0.3) is 0 Å². The molecule has 0 aromatic carbocycles. The maximum atomic E-state index is 10.9. The topological polar surface area (TPSA) is 68.0 Å². The van der Waals surface area contributed by atoms with Gasteiger partial charge >= 0.3 is 0 Å². The van der Waals surface area contributed by atoms with Crippen LogP contribution in [0.2, 0.25) is 0 Å². The Morgan fingerprint density at radius 1 is 1.75 bits per heavy atom. The number of anilines is 2. The summed E-state index contributed by atoms with van der Waals surface area (Å²) in [5.74, 6) is -0.0482. The zero-order valence-corrected chi connectivity index (χ0v) is 6.87. The summed E-state index contributed by atoms with van der Waals surface area (Å²) >= 11 is 0. The van der Waals surface area contributed by atoms with Gasteiger partial charge in [0.1, 0.15) is 0 Å². The van der Waals surface area contributed by atoms with Crippen molar-refractivity contribution >= 4 is 17.3 Å². The molecule has 12 heavy (non-hydrogen) atoms. The van der Waals surface area contributed by atoms with Crippen LogP contribution in [-0.4, -0.2) is 10.9 Å². The summed E-state index contributed by atoms with van der Waals surface area (Å²) in [5, 5.41) is 2.66. The first-order chi connectivity index (χ1) is 5.74. The van der Waals surface area contributed by atoms with E-state index in [1.165, 1.54) is 6.20 Å². The number of pyridine rings is 1. The van der Waals surface area contributed by atoms with E-state index in [1.54, 1.807) is 19.2 Å². The number of rotatable bonds is 2. The van der Waals surface area contributed by atoms with Crippen LogP contribution in [0.3, 0.4) is 0 Å². The van der Waals surface area contributed by atoms with Gasteiger partial charge < -0.3 is 11.1 Å². The molecule has 4 heteroatoms. The van der Waals surface area contributed by atoms with Crippen LogP contribution in [0.15, 0.2) is 18.5 Å². The van der Waals surface area contributed by atoms with E-state index in [-0.39, 0.29) is 5.91 Å². The van der Waals surface area contributed by atoms with Gasteiger partial charge in [-0.25, -0.2) is 0 Å². The van der Waals surface area contributed by atoms with Crippen molar-refractivity contribution in [3.05, 3.63) is 18.5 Å². The molecule has 0 bridgehead atoms. The smallest absolute Gasteiger partial charge is 0.224 e. The number of nitrogens with zero attached hydrogens (tertiary/aromatic N) is 1. The average molecular weight is 165 g/mol. The summed E-state index contributed by atoms with van der Waals surface area (Å²) in [6.45, 7) is 1.78. The van der Waals surface area contributed by atoms with E-state index >= 15 is 0 Å². The first-order valence-electron chi connectivity index (χ1n) is 3.73. The van der Waals surface area contributed by atoms with E-state index in [0.717, 1.165) is 0 Å². The Labute approximate surface area is 70.8 Å². The van der Waals surface area contributed by atoms with Crippen LogP contribution in [-0.2, 0) is 4.79 Å². The molecule has 1 amide bonds. The Morgan fingerprint density at radius 2 is 2.50 bits per heavy atom. The average Bonchev–Trinajstić information content (AvgIpc) is 2.09. The highest BCUT2D eigenvalue weighted by molar-refractivity contribution is 5.93. The molecule has 0 unspecified atom stereocenters. The fourth-order valence-electron chi connectivity index (χ4n) is 0.759. The maximum absolute atomic E-state index is 10.9. The molecular formula is C8H11N3O. The molecule has 1 rings (SSSR count). The number of carbonyl (C=O) groups excluding carboxylic acids is 1. The van der Waals surface area contributed by atoms with Crippen LogP contribution in [0, 0.1) is 0 Å². The number of nitrogens with two attached hydrogens (primary N) is 1. The first kappa shape index (κ1) is 8.52. The van der Waals surface area contributed by atoms with E-state index < -0.39 is 0 Å². The number of nitrogen functional groups attached to an aromatic ring is 1. The molecular weight excluding hydrogens is 154 g/mol. The highest BCUT2D eigenvalue weighted by Crippen LogP contribution is 2.14. The lowest BCUT2D eigenvalue weighted by Gasteiger charge is -2.04. The lowest BCUT2D eigenvalue weighted by atomic mass is 10.3. The van der Waals surface area contributed by atoms with Gasteiger partial charge in [-0.2, -0.15) is 0 Å². The number of nitrogens with one attached hydrogen (secondary N) is 1. The van der Waals surface area contributed by atoms with Crippen molar-refractivity contribution in [1.82, 2.24) is 4.98 Å². The summed E-state index contributed by atoms with van der Waals surface area (Å²) in [7, 11) is 0. The predicted molar refractivity (Wildman–Crippen MR) is 47.6 cm³/mol. The summed E-state index contributed by atoms with van der Waals surface area (Å²) in [4.78, 5) is 14.7. The van der Waals surface area contributed by atoms with Crippen LogP contribution in [0.5, 0.6) is 0 Å².